The number of carbonyl (C=O) groups excluding carboxylic acids is 1. The first-order valence-electron chi connectivity index (χ1n) is 7.81. The number of hydrogen-bond donors (Lipinski definition) is 1. The minimum Gasteiger partial charge on any atom is -0.300 e. The lowest BCUT2D eigenvalue weighted by molar-refractivity contribution is -0.120. The van der Waals surface area contributed by atoms with Crippen LogP contribution in [0, 0.1) is 13.8 Å². The van der Waals surface area contributed by atoms with Gasteiger partial charge < -0.3 is 5.32 Å². The van der Waals surface area contributed by atoms with Gasteiger partial charge in [0.1, 0.15) is 6.04 Å². The minimum absolute atomic E-state index is 0.0770. The first kappa shape index (κ1) is 17.6. The van der Waals surface area contributed by atoms with E-state index in [-0.39, 0.29) is 16.4 Å². The number of sulfonamides is 1. The number of nitrogens with zero attached hydrogens (tertiary/aromatic N) is 1. The van der Waals surface area contributed by atoms with Crippen LogP contribution in [0.25, 0.3) is 0 Å². The van der Waals surface area contributed by atoms with E-state index < -0.39 is 22.0 Å². The van der Waals surface area contributed by atoms with Crippen LogP contribution in [0.5, 0.6) is 0 Å². The highest BCUT2D eigenvalue weighted by Gasteiger charge is 2.44. The number of nitrogens with one attached hydrogen (secondary N) is 1. The molecular weight excluding hydrogens is 356 g/mol. The van der Waals surface area contributed by atoms with E-state index in [2.05, 4.69) is 5.32 Å². The van der Waals surface area contributed by atoms with Crippen LogP contribution in [0.1, 0.15) is 16.7 Å². The third kappa shape index (κ3) is 3.29. The van der Waals surface area contributed by atoms with Crippen molar-refractivity contribution in [2.24, 2.45) is 0 Å². The van der Waals surface area contributed by atoms with Crippen molar-refractivity contribution >= 4 is 33.3 Å². The van der Waals surface area contributed by atoms with E-state index in [9.17, 15) is 13.2 Å². The third-order valence-corrected chi connectivity index (χ3v) is 6.53. The van der Waals surface area contributed by atoms with Crippen molar-refractivity contribution < 1.29 is 13.2 Å². The quantitative estimate of drug-likeness (QED) is 0.834. The van der Waals surface area contributed by atoms with Gasteiger partial charge in [0, 0.05) is 6.42 Å². The summed E-state index contributed by atoms with van der Waals surface area (Å²) in [4.78, 5) is 12.5. The monoisotopic (exact) mass is 374 g/mol. The predicted molar refractivity (Wildman–Crippen MR) is 99.6 cm³/mol. The molecule has 130 valence electrons. The largest absolute Gasteiger partial charge is 0.300 e. The number of rotatable bonds is 4. The van der Waals surface area contributed by atoms with Crippen molar-refractivity contribution in [2.75, 3.05) is 0 Å². The molecule has 0 bridgehead atoms. The molecule has 0 radical (unpaired) electrons. The number of amides is 1. The van der Waals surface area contributed by atoms with E-state index in [1.165, 1.54) is 0 Å². The van der Waals surface area contributed by atoms with Crippen LogP contribution in [0.2, 0.25) is 0 Å². The van der Waals surface area contributed by atoms with Gasteiger partial charge >= 0.3 is 0 Å². The van der Waals surface area contributed by atoms with Crippen LogP contribution >= 0.6 is 12.2 Å². The zero-order valence-electron chi connectivity index (χ0n) is 13.9. The van der Waals surface area contributed by atoms with Crippen LogP contribution < -0.4 is 5.32 Å². The van der Waals surface area contributed by atoms with Gasteiger partial charge in [-0.05, 0) is 48.8 Å². The standard InChI is InChI=1S/C18H18N2O3S2/c1-12-8-9-13(2)16(10-12)25(22,23)20-15(17(21)19-18(20)24)11-14-6-4-3-5-7-14/h3-10,15H,11H2,1-2H3,(H,19,21,24)/t15-/m0/s1. The van der Waals surface area contributed by atoms with Gasteiger partial charge in [-0.2, -0.15) is 0 Å². The molecule has 2 aromatic rings. The van der Waals surface area contributed by atoms with Crippen LogP contribution in [-0.2, 0) is 21.2 Å². The maximum atomic E-state index is 13.2. The number of aryl methyl sites for hydroxylation is 2. The third-order valence-electron chi connectivity index (χ3n) is 4.17. The Balaban J connectivity index is 2.04. The summed E-state index contributed by atoms with van der Waals surface area (Å²) in [6.45, 7) is 3.55. The van der Waals surface area contributed by atoms with E-state index in [1.54, 1.807) is 19.1 Å². The summed E-state index contributed by atoms with van der Waals surface area (Å²) in [5.41, 5.74) is 2.31. The molecule has 25 heavy (non-hydrogen) atoms. The Morgan fingerprint density at radius 2 is 1.80 bits per heavy atom. The molecule has 1 amide bonds. The lowest BCUT2D eigenvalue weighted by Gasteiger charge is -2.24. The normalized spacial score (nSPS) is 17.7. The van der Waals surface area contributed by atoms with Crippen molar-refractivity contribution in [2.45, 2.75) is 31.2 Å². The molecular formula is C18H18N2O3S2. The van der Waals surface area contributed by atoms with Crippen molar-refractivity contribution in [3.05, 3.63) is 65.2 Å². The molecule has 2 aromatic carbocycles. The van der Waals surface area contributed by atoms with Gasteiger partial charge in [0.2, 0.25) is 0 Å². The van der Waals surface area contributed by atoms with Crippen molar-refractivity contribution in [3.63, 3.8) is 0 Å². The summed E-state index contributed by atoms with van der Waals surface area (Å²) < 4.78 is 27.5. The highest BCUT2D eigenvalue weighted by atomic mass is 32.2. The molecule has 0 spiro atoms. The summed E-state index contributed by atoms with van der Waals surface area (Å²) in [6, 6.07) is 13.6. The van der Waals surface area contributed by atoms with Crippen LogP contribution in [0.15, 0.2) is 53.4 Å². The van der Waals surface area contributed by atoms with E-state index in [1.807, 2.05) is 43.3 Å². The Hall–Kier alpha value is -2.25. The van der Waals surface area contributed by atoms with Crippen LogP contribution in [0.3, 0.4) is 0 Å². The maximum Gasteiger partial charge on any atom is 0.267 e. The van der Waals surface area contributed by atoms with Crippen molar-refractivity contribution in [1.29, 1.82) is 0 Å². The minimum atomic E-state index is -3.93. The Labute approximate surface area is 152 Å². The first-order valence-corrected chi connectivity index (χ1v) is 9.66. The second-order valence-electron chi connectivity index (χ2n) is 6.07. The van der Waals surface area contributed by atoms with Crippen molar-refractivity contribution in [3.8, 4) is 0 Å². The molecule has 1 heterocycles. The fourth-order valence-corrected chi connectivity index (χ4v) is 5.19. The number of benzene rings is 2. The summed E-state index contributed by atoms with van der Waals surface area (Å²) in [5, 5.41) is 2.41. The van der Waals surface area contributed by atoms with Gasteiger partial charge in [0.05, 0.1) is 4.90 Å². The van der Waals surface area contributed by atoms with Gasteiger partial charge in [0.15, 0.2) is 5.11 Å². The molecule has 1 aliphatic rings. The molecule has 5 nitrogen and oxygen atoms in total. The summed E-state index contributed by atoms with van der Waals surface area (Å²) in [5.74, 6) is -0.400. The molecule has 1 saturated heterocycles. The molecule has 1 aliphatic heterocycles. The predicted octanol–water partition coefficient (Wildman–Crippen LogP) is 2.32. The zero-order chi connectivity index (χ0) is 18.2. The molecule has 1 N–H and O–H groups in total. The van der Waals surface area contributed by atoms with E-state index >= 15 is 0 Å². The SMILES string of the molecule is Cc1ccc(C)c(S(=O)(=O)N2C(=S)NC(=O)[C@@H]2Cc2ccccc2)c1. The second-order valence-corrected chi connectivity index (χ2v) is 8.24. The topological polar surface area (TPSA) is 66.5 Å². The van der Waals surface area contributed by atoms with Gasteiger partial charge in [-0.15, -0.1) is 0 Å². The zero-order valence-corrected chi connectivity index (χ0v) is 15.5. The average Bonchev–Trinajstić information content (AvgIpc) is 2.85. The molecule has 1 atom stereocenters. The lowest BCUT2D eigenvalue weighted by atomic mass is 10.1. The molecule has 3 rings (SSSR count). The average molecular weight is 374 g/mol. The molecule has 0 aromatic heterocycles. The summed E-state index contributed by atoms with van der Waals surface area (Å²) in [6.07, 6.45) is 0.261. The fourth-order valence-electron chi connectivity index (χ4n) is 2.87. The Kier molecular flexibility index (Phi) is 4.62. The molecule has 7 heteroatoms. The van der Waals surface area contributed by atoms with Gasteiger partial charge in [-0.25, -0.2) is 12.7 Å². The van der Waals surface area contributed by atoms with Gasteiger partial charge in [-0.3, -0.25) is 4.79 Å². The second kappa shape index (κ2) is 6.57. The number of carbonyl (C=O) groups is 1. The Morgan fingerprint density at radius 1 is 1.12 bits per heavy atom. The van der Waals surface area contributed by atoms with E-state index in [0.717, 1.165) is 15.4 Å². The number of thiocarbonyl (C=S) groups is 1. The summed E-state index contributed by atoms with van der Waals surface area (Å²) in [7, 11) is -3.93. The molecule has 0 unspecified atom stereocenters. The molecule has 1 fully saturated rings. The Bertz CT molecular complexity index is 940. The molecule has 0 saturated carbocycles. The first-order chi connectivity index (χ1) is 11.8. The van der Waals surface area contributed by atoms with Crippen molar-refractivity contribution in [1.82, 2.24) is 9.62 Å². The highest BCUT2D eigenvalue weighted by Crippen LogP contribution is 2.27. The lowest BCUT2D eigenvalue weighted by Crippen LogP contribution is -2.41. The fraction of sp³-hybridized carbons (Fsp3) is 0.222. The van der Waals surface area contributed by atoms with E-state index in [4.69, 9.17) is 12.2 Å². The smallest absolute Gasteiger partial charge is 0.267 e. The maximum absolute atomic E-state index is 13.2. The van der Waals surface area contributed by atoms with E-state index in [0.29, 0.717) is 5.56 Å². The summed E-state index contributed by atoms with van der Waals surface area (Å²) >= 11 is 5.15. The van der Waals surface area contributed by atoms with Gasteiger partial charge in [0.25, 0.3) is 15.9 Å². The molecule has 0 aliphatic carbocycles. The van der Waals surface area contributed by atoms with Crippen LogP contribution in [0.4, 0.5) is 0 Å². The Morgan fingerprint density at radius 3 is 2.48 bits per heavy atom. The van der Waals surface area contributed by atoms with Crippen LogP contribution in [-0.4, -0.2) is 29.8 Å². The number of hydrogen-bond acceptors (Lipinski definition) is 4. The highest BCUT2D eigenvalue weighted by molar-refractivity contribution is 7.91. The van der Waals surface area contributed by atoms with Gasteiger partial charge in [-0.1, -0.05) is 42.5 Å².